The highest BCUT2D eigenvalue weighted by atomic mass is 35.5. The second-order valence-electron chi connectivity index (χ2n) is 6.67. The fourth-order valence-electron chi connectivity index (χ4n) is 3.03. The summed E-state index contributed by atoms with van der Waals surface area (Å²) in [5, 5.41) is 17.5. The highest BCUT2D eigenvalue weighted by Gasteiger charge is 2.15. The van der Waals surface area contributed by atoms with Gasteiger partial charge in [0.15, 0.2) is 0 Å². The average Bonchev–Trinajstić information content (AvgIpc) is 2.99. The highest BCUT2D eigenvalue weighted by molar-refractivity contribution is 6.31. The molecular weight excluding hydrogens is 384 g/mol. The summed E-state index contributed by atoms with van der Waals surface area (Å²) in [6.45, 7) is 4.66. The van der Waals surface area contributed by atoms with E-state index >= 15 is 0 Å². The molecule has 1 aromatic heterocycles. The molecule has 6 heteroatoms. The molecule has 146 valence electrons. The summed E-state index contributed by atoms with van der Waals surface area (Å²) >= 11 is 6.26. The average molecular weight is 405 g/mol. The molecule has 0 aliphatic heterocycles. The first-order valence-corrected chi connectivity index (χ1v) is 9.58. The molecule has 3 rings (SSSR count). The number of halogens is 1. The minimum absolute atomic E-state index is 0.0458. The number of benzene rings is 2. The lowest BCUT2D eigenvalue weighted by Gasteiger charge is -2.07. The largest absolute Gasteiger partial charge is 0.347 e. The number of nitriles is 1. The Kier molecular flexibility index (Phi) is 6.48. The van der Waals surface area contributed by atoms with Crippen LogP contribution in [-0.2, 0) is 17.9 Å². The summed E-state index contributed by atoms with van der Waals surface area (Å²) < 4.78 is 1.83. The van der Waals surface area contributed by atoms with Crippen LogP contribution in [0, 0.1) is 25.2 Å². The van der Waals surface area contributed by atoms with E-state index in [1.807, 2.05) is 79.2 Å². The van der Waals surface area contributed by atoms with Gasteiger partial charge in [-0.25, -0.2) is 0 Å². The van der Waals surface area contributed by atoms with Gasteiger partial charge in [0.05, 0.1) is 12.2 Å². The lowest BCUT2D eigenvalue weighted by Crippen LogP contribution is -2.23. The number of rotatable bonds is 6. The number of amides is 1. The topological polar surface area (TPSA) is 70.7 Å². The van der Waals surface area contributed by atoms with Gasteiger partial charge in [-0.1, -0.05) is 60.1 Å². The van der Waals surface area contributed by atoms with Gasteiger partial charge in [-0.2, -0.15) is 10.4 Å². The van der Waals surface area contributed by atoms with Crippen LogP contribution in [0.5, 0.6) is 0 Å². The molecular formula is C23H21ClN4O. The van der Waals surface area contributed by atoms with Crippen LogP contribution in [0.1, 0.15) is 28.1 Å². The number of hydrogen-bond donors (Lipinski definition) is 1. The number of aromatic nitrogens is 2. The molecule has 0 spiro atoms. The van der Waals surface area contributed by atoms with Crippen molar-refractivity contribution >= 4 is 23.6 Å². The maximum atomic E-state index is 12.5. The molecule has 0 radical (unpaired) electrons. The molecule has 0 saturated carbocycles. The first kappa shape index (κ1) is 20.4. The van der Waals surface area contributed by atoms with E-state index in [1.165, 1.54) is 0 Å². The van der Waals surface area contributed by atoms with E-state index in [1.54, 1.807) is 6.08 Å². The van der Waals surface area contributed by atoms with E-state index in [0.29, 0.717) is 18.1 Å². The number of carbonyl (C=O) groups is 1. The standard InChI is InChI=1S/C23H21ClN4O/c1-16-21(17(2)28(27-16)15-19-10-6-7-11-22(19)24)12-20(13-25)23(29)26-14-18-8-4-3-5-9-18/h3-12H,14-15H2,1-2H3,(H,26,29)/b20-12+. The van der Waals surface area contributed by atoms with Crippen LogP contribution < -0.4 is 5.32 Å². The van der Waals surface area contributed by atoms with Crippen molar-refractivity contribution in [3.8, 4) is 6.07 Å². The molecule has 0 atom stereocenters. The van der Waals surface area contributed by atoms with Crippen molar-refractivity contribution < 1.29 is 4.79 Å². The van der Waals surface area contributed by atoms with Crippen molar-refractivity contribution in [1.82, 2.24) is 15.1 Å². The molecule has 0 fully saturated rings. The second-order valence-corrected chi connectivity index (χ2v) is 7.08. The molecule has 0 aliphatic rings. The molecule has 0 bridgehead atoms. The smallest absolute Gasteiger partial charge is 0.262 e. The normalized spacial score (nSPS) is 11.2. The van der Waals surface area contributed by atoms with E-state index in [4.69, 9.17) is 11.6 Å². The van der Waals surface area contributed by atoms with Crippen LogP contribution >= 0.6 is 11.6 Å². The molecule has 0 aliphatic carbocycles. The zero-order valence-electron chi connectivity index (χ0n) is 16.3. The Balaban J connectivity index is 1.80. The minimum Gasteiger partial charge on any atom is -0.347 e. The summed E-state index contributed by atoms with van der Waals surface area (Å²) in [6.07, 6.45) is 1.60. The van der Waals surface area contributed by atoms with Crippen LogP contribution in [0.3, 0.4) is 0 Å². The summed E-state index contributed by atoms with van der Waals surface area (Å²) in [4.78, 5) is 12.5. The van der Waals surface area contributed by atoms with Crippen LogP contribution in [0.4, 0.5) is 0 Å². The maximum Gasteiger partial charge on any atom is 0.262 e. The van der Waals surface area contributed by atoms with Gasteiger partial charge in [0, 0.05) is 22.8 Å². The van der Waals surface area contributed by atoms with E-state index in [2.05, 4.69) is 10.4 Å². The highest BCUT2D eigenvalue weighted by Crippen LogP contribution is 2.21. The summed E-state index contributed by atoms with van der Waals surface area (Å²) in [7, 11) is 0. The zero-order chi connectivity index (χ0) is 20.8. The fraction of sp³-hybridized carbons (Fsp3) is 0.174. The van der Waals surface area contributed by atoms with Gasteiger partial charge < -0.3 is 5.32 Å². The molecule has 0 saturated heterocycles. The zero-order valence-corrected chi connectivity index (χ0v) is 17.1. The number of nitrogens with one attached hydrogen (secondary N) is 1. The quantitative estimate of drug-likeness (QED) is 0.488. The van der Waals surface area contributed by atoms with E-state index < -0.39 is 5.91 Å². The van der Waals surface area contributed by atoms with E-state index in [9.17, 15) is 10.1 Å². The van der Waals surface area contributed by atoms with E-state index in [0.717, 1.165) is 28.1 Å². The number of aryl methyl sites for hydroxylation is 1. The number of hydrogen-bond acceptors (Lipinski definition) is 3. The monoisotopic (exact) mass is 404 g/mol. The van der Waals surface area contributed by atoms with Crippen molar-refractivity contribution in [3.63, 3.8) is 0 Å². The Bertz CT molecular complexity index is 1090. The lowest BCUT2D eigenvalue weighted by atomic mass is 10.1. The van der Waals surface area contributed by atoms with E-state index in [-0.39, 0.29) is 5.57 Å². The van der Waals surface area contributed by atoms with Crippen LogP contribution in [0.25, 0.3) is 6.08 Å². The Labute approximate surface area is 175 Å². The molecule has 1 amide bonds. The molecule has 2 aromatic carbocycles. The first-order chi connectivity index (χ1) is 14.0. The molecule has 1 N–H and O–H groups in total. The van der Waals surface area contributed by atoms with Crippen molar-refractivity contribution in [1.29, 1.82) is 5.26 Å². The van der Waals surface area contributed by atoms with Gasteiger partial charge in [0.2, 0.25) is 0 Å². The second kappa shape index (κ2) is 9.22. The molecule has 3 aromatic rings. The van der Waals surface area contributed by atoms with Crippen molar-refractivity contribution in [2.24, 2.45) is 0 Å². The predicted octanol–water partition coefficient (Wildman–Crippen LogP) is 4.43. The third-order valence-electron chi connectivity index (χ3n) is 4.67. The van der Waals surface area contributed by atoms with Gasteiger partial charge in [-0.05, 0) is 37.1 Å². The van der Waals surface area contributed by atoms with Crippen molar-refractivity contribution in [3.05, 3.63) is 93.3 Å². The Morgan fingerprint density at radius 3 is 2.55 bits per heavy atom. The van der Waals surface area contributed by atoms with Gasteiger partial charge in [0.1, 0.15) is 11.6 Å². The SMILES string of the molecule is Cc1nn(Cc2ccccc2Cl)c(C)c1/C=C(\C#N)C(=O)NCc1ccccc1. The summed E-state index contributed by atoms with van der Waals surface area (Å²) in [5.41, 5.74) is 4.35. The predicted molar refractivity (Wildman–Crippen MR) is 114 cm³/mol. The Hall–Kier alpha value is -3.36. The lowest BCUT2D eigenvalue weighted by molar-refractivity contribution is -0.117. The maximum absolute atomic E-state index is 12.5. The third-order valence-corrected chi connectivity index (χ3v) is 5.03. The fourth-order valence-corrected chi connectivity index (χ4v) is 3.22. The molecule has 5 nitrogen and oxygen atoms in total. The Morgan fingerprint density at radius 1 is 1.17 bits per heavy atom. The van der Waals surface area contributed by atoms with Gasteiger partial charge in [0.25, 0.3) is 5.91 Å². The van der Waals surface area contributed by atoms with Crippen LogP contribution in [0.15, 0.2) is 60.2 Å². The van der Waals surface area contributed by atoms with Crippen LogP contribution in [-0.4, -0.2) is 15.7 Å². The first-order valence-electron chi connectivity index (χ1n) is 9.21. The van der Waals surface area contributed by atoms with Crippen molar-refractivity contribution in [2.45, 2.75) is 26.9 Å². The number of nitrogens with zero attached hydrogens (tertiary/aromatic N) is 3. The molecule has 1 heterocycles. The molecule has 29 heavy (non-hydrogen) atoms. The molecule has 0 unspecified atom stereocenters. The Morgan fingerprint density at radius 2 is 1.86 bits per heavy atom. The summed E-state index contributed by atoms with van der Waals surface area (Å²) in [6, 6.07) is 19.2. The van der Waals surface area contributed by atoms with Gasteiger partial charge >= 0.3 is 0 Å². The third kappa shape index (κ3) is 4.92. The summed E-state index contributed by atoms with van der Waals surface area (Å²) in [5.74, 6) is -0.408. The van der Waals surface area contributed by atoms with Gasteiger partial charge in [-0.3, -0.25) is 9.48 Å². The van der Waals surface area contributed by atoms with Crippen LogP contribution in [0.2, 0.25) is 5.02 Å². The number of carbonyl (C=O) groups excluding carboxylic acids is 1. The van der Waals surface area contributed by atoms with Gasteiger partial charge in [-0.15, -0.1) is 0 Å². The minimum atomic E-state index is -0.408. The van der Waals surface area contributed by atoms with Crippen molar-refractivity contribution in [2.75, 3.05) is 0 Å².